The van der Waals surface area contributed by atoms with Gasteiger partial charge in [0.2, 0.25) is 0 Å². The summed E-state index contributed by atoms with van der Waals surface area (Å²) in [5.41, 5.74) is 0.325. The van der Waals surface area contributed by atoms with Crippen molar-refractivity contribution < 1.29 is 4.79 Å². The van der Waals surface area contributed by atoms with Gasteiger partial charge in [0.05, 0.1) is 5.02 Å². The number of halogens is 2. The van der Waals surface area contributed by atoms with Gasteiger partial charge >= 0.3 is 0 Å². The van der Waals surface area contributed by atoms with Crippen LogP contribution >= 0.6 is 27.7 Å². The summed E-state index contributed by atoms with van der Waals surface area (Å²) in [7, 11) is 0. The third-order valence-corrected chi connectivity index (χ3v) is 1.63. The standard InChI is InChI=1S/C6H4BrClN2O/c7-10-6(11)5-2-1-4(8)3-9-5/h1-3H,(H,10,11). The Kier molecular flexibility index (Phi) is 2.84. The third kappa shape index (κ3) is 2.17. The number of nitrogens with zero attached hydrogens (tertiary/aromatic N) is 1. The van der Waals surface area contributed by atoms with E-state index in [9.17, 15) is 4.79 Å². The summed E-state index contributed by atoms with van der Waals surface area (Å²) in [5, 5.41) is 0.510. The van der Waals surface area contributed by atoms with Crippen molar-refractivity contribution >= 4 is 33.7 Å². The largest absolute Gasteiger partial charge is 0.287 e. The zero-order valence-electron chi connectivity index (χ0n) is 5.34. The van der Waals surface area contributed by atoms with Crippen LogP contribution in [0.1, 0.15) is 10.5 Å². The molecule has 11 heavy (non-hydrogen) atoms. The molecular weight excluding hydrogens is 231 g/mol. The van der Waals surface area contributed by atoms with Crippen molar-refractivity contribution in [1.29, 1.82) is 0 Å². The van der Waals surface area contributed by atoms with E-state index in [1.54, 1.807) is 12.1 Å². The SMILES string of the molecule is O=C(NBr)c1ccc(Cl)cn1. The van der Waals surface area contributed by atoms with Crippen molar-refractivity contribution in [1.82, 2.24) is 9.33 Å². The molecule has 0 aromatic carbocycles. The molecule has 1 N–H and O–H groups in total. The van der Waals surface area contributed by atoms with Gasteiger partial charge < -0.3 is 0 Å². The molecule has 1 rings (SSSR count). The summed E-state index contributed by atoms with van der Waals surface area (Å²) in [6.07, 6.45) is 1.42. The van der Waals surface area contributed by atoms with Crippen LogP contribution in [0, 0.1) is 0 Å². The predicted octanol–water partition coefficient (Wildman–Crippen LogP) is 1.77. The summed E-state index contributed by atoms with van der Waals surface area (Å²) in [6, 6.07) is 3.14. The van der Waals surface area contributed by atoms with Gasteiger partial charge in [-0.05, 0) is 12.1 Å². The number of rotatable bonds is 1. The number of carbonyl (C=O) groups excluding carboxylic acids is 1. The highest BCUT2D eigenvalue weighted by Crippen LogP contribution is 2.05. The summed E-state index contributed by atoms with van der Waals surface area (Å²) in [4.78, 5) is 14.6. The predicted molar refractivity (Wildman–Crippen MR) is 45.6 cm³/mol. The molecule has 0 saturated carbocycles. The van der Waals surface area contributed by atoms with Crippen molar-refractivity contribution in [3.05, 3.63) is 29.0 Å². The molecule has 58 valence electrons. The van der Waals surface area contributed by atoms with Gasteiger partial charge in [-0.2, -0.15) is 0 Å². The van der Waals surface area contributed by atoms with Crippen LogP contribution in [-0.2, 0) is 0 Å². The van der Waals surface area contributed by atoms with Crippen molar-refractivity contribution in [3.63, 3.8) is 0 Å². The minimum atomic E-state index is -0.290. The summed E-state index contributed by atoms with van der Waals surface area (Å²) >= 11 is 8.35. The highest BCUT2D eigenvalue weighted by atomic mass is 79.9. The summed E-state index contributed by atoms with van der Waals surface area (Å²) in [6.45, 7) is 0. The second-order valence-corrected chi connectivity index (χ2v) is 2.62. The van der Waals surface area contributed by atoms with Gasteiger partial charge in [-0.25, -0.2) is 4.98 Å². The first-order valence-corrected chi connectivity index (χ1v) is 3.93. The van der Waals surface area contributed by atoms with Crippen LogP contribution in [0.5, 0.6) is 0 Å². The van der Waals surface area contributed by atoms with Crippen molar-refractivity contribution in [3.8, 4) is 0 Å². The van der Waals surface area contributed by atoms with E-state index in [1.807, 2.05) is 0 Å². The fourth-order valence-corrected chi connectivity index (χ4v) is 0.873. The number of hydrogen-bond donors (Lipinski definition) is 1. The minimum absolute atomic E-state index is 0.290. The molecule has 0 radical (unpaired) electrons. The van der Waals surface area contributed by atoms with Crippen LogP contribution in [-0.4, -0.2) is 10.9 Å². The van der Waals surface area contributed by atoms with E-state index < -0.39 is 0 Å². The average molecular weight is 235 g/mol. The molecule has 0 aliphatic carbocycles. The van der Waals surface area contributed by atoms with Crippen LogP contribution in [0.25, 0.3) is 0 Å². The average Bonchev–Trinajstić information content (AvgIpc) is 2.05. The second kappa shape index (κ2) is 3.69. The summed E-state index contributed by atoms with van der Waals surface area (Å²) < 4.78 is 2.27. The molecule has 1 aromatic rings. The highest BCUT2D eigenvalue weighted by molar-refractivity contribution is 9.08. The molecule has 0 saturated heterocycles. The van der Waals surface area contributed by atoms with Gasteiger partial charge in [0.15, 0.2) is 0 Å². The Bertz CT molecular complexity index is 262. The van der Waals surface area contributed by atoms with Gasteiger partial charge in [-0.1, -0.05) is 11.6 Å². The second-order valence-electron chi connectivity index (χ2n) is 1.79. The van der Waals surface area contributed by atoms with Gasteiger partial charge in [0.25, 0.3) is 5.91 Å². The fraction of sp³-hybridized carbons (Fsp3) is 0. The fourth-order valence-electron chi connectivity index (χ4n) is 0.559. The van der Waals surface area contributed by atoms with Crippen molar-refractivity contribution in [2.45, 2.75) is 0 Å². The maximum Gasteiger partial charge on any atom is 0.279 e. The van der Waals surface area contributed by atoms with Gasteiger partial charge in [-0.3, -0.25) is 9.14 Å². The van der Waals surface area contributed by atoms with E-state index in [0.29, 0.717) is 10.7 Å². The van der Waals surface area contributed by atoms with Crippen molar-refractivity contribution in [2.75, 3.05) is 0 Å². The summed E-state index contributed by atoms with van der Waals surface area (Å²) in [5.74, 6) is -0.290. The van der Waals surface area contributed by atoms with Crippen LogP contribution in [0.15, 0.2) is 18.3 Å². The molecule has 5 heteroatoms. The Morgan fingerprint density at radius 1 is 1.64 bits per heavy atom. The number of aromatic nitrogens is 1. The Labute approximate surface area is 77.1 Å². The van der Waals surface area contributed by atoms with Crippen LogP contribution in [0.2, 0.25) is 5.02 Å². The first-order chi connectivity index (χ1) is 5.24. The smallest absolute Gasteiger partial charge is 0.279 e. The molecule has 1 heterocycles. The van der Waals surface area contributed by atoms with E-state index in [-0.39, 0.29) is 5.91 Å². The Hall–Kier alpha value is -0.610. The molecule has 0 unspecified atom stereocenters. The van der Waals surface area contributed by atoms with E-state index in [0.717, 1.165) is 0 Å². The zero-order valence-corrected chi connectivity index (χ0v) is 7.69. The number of carbonyl (C=O) groups is 1. The Morgan fingerprint density at radius 3 is 2.82 bits per heavy atom. The first kappa shape index (κ1) is 8.49. The van der Waals surface area contributed by atoms with E-state index >= 15 is 0 Å². The van der Waals surface area contributed by atoms with Gasteiger partial charge in [0.1, 0.15) is 5.69 Å². The normalized spacial score (nSPS) is 9.27. The van der Waals surface area contributed by atoms with Gasteiger partial charge in [0, 0.05) is 22.3 Å². The molecule has 1 amide bonds. The van der Waals surface area contributed by atoms with E-state index in [2.05, 4.69) is 25.5 Å². The molecule has 0 aliphatic rings. The topological polar surface area (TPSA) is 42.0 Å². The highest BCUT2D eigenvalue weighted by Gasteiger charge is 2.03. The molecular formula is C6H4BrClN2O. The van der Waals surface area contributed by atoms with Crippen LogP contribution < -0.4 is 4.34 Å². The number of nitrogens with one attached hydrogen (secondary N) is 1. The van der Waals surface area contributed by atoms with Crippen LogP contribution in [0.3, 0.4) is 0 Å². The zero-order chi connectivity index (χ0) is 8.27. The number of pyridine rings is 1. The lowest BCUT2D eigenvalue weighted by Crippen LogP contribution is -2.13. The maximum absolute atomic E-state index is 10.9. The lowest BCUT2D eigenvalue weighted by molar-refractivity contribution is 0.0982. The molecule has 0 atom stereocenters. The van der Waals surface area contributed by atoms with Crippen molar-refractivity contribution in [2.24, 2.45) is 0 Å². The molecule has 3 nitrogen and oxygen atoms in total. The van der Waals surface area contributed by atoms with E-state index in [1.165, 1.54) is 6.20 Å². The number of hydrogen-bond acceptors (Lipinski definition) is 2. The third-order valence-electron chi connectivity index (χ3n) is 1.05. The number of amides is 1. The van der Waals surface area contributed by atoms with Gasteiger partial charge in [-0.15, -0.1) is 0 Å². The molecule has 1 aromatic heterocycles. The quantitative estimate of drug-likeness (QED) is 0.754. The lowest BCUT2D eigenvalue weighted by atomic mass is 10.3. The Morgan fingerprint density at radius 2 is 2.36 bits per heavy atom. The lowest BCUT2D eigenvalue weighted by Gasteiger charge is -1.95. The monoisotopic (exact) mass is 234 g/mol. The molecule has 0 spiro atoms. The molecule has 0 fully saturated rings. The molecule has 0 bridgehead atoms. The van der Waals surface area contributed by atoms with Crippen LogP contribution in [0.4, 0.5) is 0 Å². The maximum atomic E-state index is 10.9. The first-order valence-electron chi connectivity index (χ1n) is 2.76. The van der Waals surface area contributed by atoms with E-state index in [4.69, 9.17) is 11.6 Å². The molecule has 0 aliphatic heterocycles. The minimum Gasteiger partial charge on any atom is -0.287 e. The Balaban J connectivity index is 2.90.